The minimum Gasteiger partial charge on any atom is -0.384 e. The molecule has 164 valence electrons. The summed E-state index contributed by atoms with van der Waals surface area (Å²) in [5.74, 6) is 0.457. The fourth-order valence-electron chi connectivity index (χ4n) is 2.62. The lowest BCUT2D eigenvalue weighted by Gasteiger charge is -2.28. The van der Waals surface area contributed by atoms with Crippen LogP contribution in [0.25, 0.3) is 0 Å². The molecule has 1 heterocycles. The third-order valence-electron chi connectivity index (χ3n) is 4.30. The van der Waals surface area contributed by atoms with Crippen molar-refractivity contribution in [1.82, 2.24) is 4.90 Å². The number of thioether (sulfide) groups is 1. The average Bonchev–Trinajstić information content (AvgIpc) is 2.73. The van der Waals surface area contributed by atoms with E-state index in [4.69, 9.17) is 16.3 Å². The molecule has 1 fully saturated rings. The molecule has 0 spiro atoms. The van der Waals surface area contributed by atoms with E-state index in [2.05, 4.69) is 28.2 Å². The van der Waals surface area contributed by atoms with Gasteiger partial charge in [-0.2, -0.15) is 0 Å². The quantitative estimate of drug-likeness (QED) is 0.323. The number of benzene rings is 1. The lowest BCUT2D eigenvalue weighted by molar-refractivity contribution is -0.123. The van der Waals surface area contributed by atoms with Crippen molar-refractivity contribution in [3.8, 4) is 0 Å². The van der Waals surface area contributed by atoms with Gasteiger partial charge in [0.15, 0.2) is 0 Å². The Hall–Kier alpha value is -1.80. The molecule has 1 aliphatic rings. The summed E-state index contributed by atoms with van der Waals surface area (Å²) in [6.45, 7) is 8.69. The summed E-state index contributed by atoms with van der Waals surface area (Å²) >= 11 is 7.87. The smallest absolute Gasteiger partial charge is 0.252 e. The molecule has 2 N–H and O–H groups in total. The number of aliphatic hydroxyl groups is 1. The van der Waals surface area contributed by atoms with Crippen LogP contribution in [-0.4, -0.2) is 54.5 Å². The highest BCUT2D eigenvalue weighted by Gasteiger charge is 2.13. The number of morpholine rings is 1. The first-order chi connectivity index (χ1) is 14.4. The fourth-order valence-corrected chi connectivity index (χ4v) is 3.73. The number of hydrogen-bond acceptors (Lipinski definition) is 6. The maximum absolute atomic E-state index is 11.6. The maximum atomic E-state index is 11.6. The van der Waals surface area contributed by atoms with Gasteiger partial charge in [-0.05, 0) is 55.5 Å². The molecule has 8 heteroatoms. The van der Waals surface area contributed by atoms with Crippen molar-refractivity contribution in [2.24, 2.45) is 4.99 Å². The standard InChI is InChI=1S/C22H30ClN3O3S/c1-4-5-10-24-21(26-11-13-29-14-12-26)9-6-16(2)30-18-7-8-20(19(23)15-18)25-22(28)17(3)27/h6-10,15,17,27H,4-5,11-14H2,1-3H3,(H,25,28)/b16-6+,21-9+,24-10-. The SMILES string of the molecule is CCC\C=N/C(=C\C=C(/C)Sc1ccc(NC(=O)C(C)O)c(Cl)c1)N1CCOCC1. The Kier molecular flexibility index (Phi) is 10.4. The van der Waals surface area contributed by atoms with Crippen molar-refractivity contribution in [3.63, 3.8) is 0 Å². The van der Waals surface area contributed by atoms with Crippen LogP contribution >= 0.6 is 23.4 Å². The summed E-state index contributed by atoms with van der Waals surface area (Å²) < 4.78 is 5.45. The molecule has 0 saturated carbocycles. The lowest BCUT2D eigenvalue weighted by Crippen LogP contribution is -2.35. The number of unbranched alkanes of at least 4 members (excludes halogenated alkanes) is 1. The molecule has 0 aliphatic carbocycles. The molecule has 1 aromatic rings. The van der Waals surface area contributed by atoms with E-state index in [0.717, 1.165) is 41.6 Å². The molecule has 0 aromatic heterocycles. The van der Waals surface area contributed by atoms with Crippen molar-refractivity contribution >= 4 is 41.2 Å². The Labute approximate surface area is 188 Å². The van der Waals surface area contributed by atoms with Gasteiger partial charge in [0.2, 0.25) is 0 Å². The van der Waals surface area contributed by atoms with Crippen LogP contribution in [0.1, 0.15) is 33.6 Å². The normalized spacial score (nSPS) is 16.8. The number of carbonyl (C=O) groups excluding carboxylic acids is 1. The summed E-state index contributed by atoms with van der Waals surface area (Å²) in [5.41, 5.74) is 0.480. The van der Waals surface area contributed by atoms with E-state index in [1.807, 2.05) is 25.3 Å². The topological polar surface area (TPSA) is 74.2 Å². The van der Waals surface area contributed by atoms with E-state index in [1.54, 1.807) is 23.9 Å². The Morgan fingerprint density at radius 3 is 2.77 bits per heavy atom. The van der Waals surface area contributed by atoms with Crippen molar-refractivity contribution in [2.45, 2.75) is 44.6 Å². The van der Waals surface area contributed by atoms with Crippen LogP contribution in [0.15, 0.2) is 51.0 Å². The minimum atomic E-state index is -1.09. The van der Waals surface area contributed by atoms with Gasteiger partial charge in [-0.3, -0.25) is 4.79 Å². The van der Waals surface area contributed by atoms with Crippen LogP contribution in [0.5, 0.6) is 0 Å². The van der Waals surface area contributed by atoms with Crippen molar-refractivity contribution in [1.29, 1.82) is 0 Å². The molecule has 1 saturated heterocycles. The number of rotatable bonds is 9. The highest BCUT2D eigenvalue weighted by Crippen LogP contribution is 2.32. The highest BCUT2D eigenvalue weighted by molar-refractivity contribution is 8.03. The molecule has 1 aromatic carbocycles. The number of halogens is 1. The lowest BCUT2D eigenvalue weighted by atomic mass is 10.3. The molecule has 30 heavy (non-hydrogen) atoms. The van der Waals surface area contributed by atoms with Gasteiger partial charge in [0.05, 0.1) is 23.9 Å². The molecular formula is C22H30ClN3O3S. The zero-order valence-electron chi connectivity index (χ0n) is 17.7. The van der Waals surface area contributed by atoms with E-state index in [-0.39, 0.29) is 0 Å². The summed E-state index contributed by atoms with van der Waals surface area (Å²) in [6.07, 6.45) is 6.99. The van der Waals surface area contributed by atoms with Gasteiger partial charge in [0, 0.05) is 24.2 Å². The zero-order valence-corrected chi connectivity index (χ0v) is 19.3. The molecule has 1 aliphatic heterocycles. The van der Waals surface area contributed by atoms with E-state index in [1.165, 1.54) is 6.92 Å². The van der Waals surface area contributed by atoms with Gasteiger partial charge in [-0.15, -0.1) is 0 Å². The second kappa shape index (κ2) is 12.8. The number of hydrogen-bond donors (Lipinski definition) is 2. The minimum absolute atomic E-state index is 0.426. The number of aliphatic imine (C=N–C) groups is 1. The summed E-state index contributed by atoms with van der Waals surface area (Å²) in [4.78, 5) is 20.6. The second-order valence-electron chi connectivity index (χ2n) is 6.91. The molecule has 2 rings (SSSR count). The number of ether oxygens (including phenoxy) is 1. The number of anilines is 1. The van der Waals surface area contributed by atoms with E-state index < -0.39 is 12.0 Å². The van der Waals surface area contributed by atoms with E-state index in [9.17, 15) is 9.90 Å². The Balaban J connectivity index is 2.08. The summed E-state index contributed by atoms with van der Waals surface area (Å²) in [5, 5.41) is 12.4. The van der Waals surface area contributed by atoms with Gasteiger partial charge in [-0.1, -0.05) is 36.7 Å². The Morgan fingerprint density at radius 2 is 2.13 bits per heavy atom. The van der Waals surface area contributed by atoms with Crippen LogP contribution in [0.4, 0.5) is 5.69 Å². The van der Waals surface area contributed by atoms with Gasteiger partial charge < -0.3 is 20.1 Å². The van der Waals surface area contributed by atoms with Crippen LogP contribution < -0.4 is 5.32 Å². The second-order valence-corrected chi connectivity index (χ2v) is 8.64. The Morgan fingerprint density at radius 1 is 1.40 bits per heavy atom. The molecule has 1 atom stereocenters. The molecule has 1 unspecified atom stereocenters. The van der Waals surface area contributed by atoms with Crippen LogP contribution in [0.3, 0.4) is 0 Å². The molecule has 0 bridgehead atoms. The molecule has 0 radical (unpaired) electrons. The van der Waals surface area contributed by atoms with E-state index >= 15 is 0 Å². The highest BCUT2D eigenvalue weighted by atomic mass is 35.5. The first kappa shape index (κ1) is 24.5. The molecular weight excluding hydrogens is 422 g/mol. The van der Waals surface area contributed by atoms with Crippen molar-refractivity contribution in [3.05, 3.63) is 46.1 Å². The van der Waals surface area contributed by atoms with Crippen LogP contribution in [0, 0.1) is 0 Å². The largest absolute Gasteiger partial charge is 0.384 e. The Bertz CT molecular complexity index is 803. The van der Waals surface area contributed by atoms with Crippen molar-refractivity contribution in [2.75, 3.05) is 31.6 Å². The number of nitrogens with one attached hydrogen (secondary N) is 1. The predicted octanol–water partition coefficient (Wildman–Crippen LogP) is 4.70. The van der Waals surface area contributed by atoms with Crippen LogP contribution in [0.2, 0.25) is 5.02 Å². The van der Waals surface area contributed by atoms with Gasteiger partial charge in [0.25, 0.3) is 5.91 Å². The van der Waals surface area contributed by atoms with Crippen molar-refractivity contribution < 1.29 is 14.6 Å². The predicted molar refractivity (Wildman–Crippen MR) is 125 cm³/mol. The number of amides is 1. The molecule has 1 amide bonds. The van der Waals surface area contributed by atoms with E-state index in [0.29, 0.717) is 23.9 Å². The number of nitrogens with zero attached hydrogens (tertiary/aromatic N) is 2. The van der Waals surface area contributed by atoms with Crippen LogP contribution in [-0.2, 0) is 9.53 Å². The number of aliphatic hydroxyl groups excluding tert-OH is 1. The third kappa shape index (κ3) is 8.14. The van der Waals surface area contributed by atoms with Gasteiger partial charge in [-0.25, -0.2) is 4.99 Å². The number of allylic oxidation sites excluding steroid dienone is 3. The summed E-state index contributed by atoms with van der Waals surface area (Å²) in [7, 11) is 0. The number of carbonyl (C=O) groups is 1. The summed E-state index contributed by atoms with van der Waals surface area (Å²) in [6, 6.07) is 5.42. The third-order valence-corrected chi connectivity index (χ3v) is 5.56. The molecule has 6 nitrogen and oxygen atoms in total. The first-order valence-electron chi connectivity index (χ1n) is 10.1. The fraction of sp³-hybridized carbons (Fsp3) is 0.455. The monoisotopic (exact) mass is 451 g/mol. The maximum Gasteiger partial charge on any atom is 0.252 e. The zero-order chi connectivity index (χ0) is 21.9. The average molecular weight is 452 g/mol. The van der Waals surface area contributed by atoms with Gasteiger partial charge in [0.1, 0.15) is 11.9 Å². The van der Waals surface area contributed by atoms with Gasteiger partial charge >= 0.3 is 0 Å². The first-order valence-corrected chi connectivity index (χ1v) is 11.3.